The predicted molar refractivity (Wildman–Crippen MR) is 81.8 cm³/mol. The highest BCUT2D eigenvalue weighted by Gasteiger charge is 2.14. The van der Waals surface area contributed by atoms with Crippen LogP contribution in [0.5, 0.6) is 0 Å². The van der Waals surface area contributed by atoms with Crippen molar-refractivity contribution in [2.45, 2.75) is 60.4 Å². The van der Waals surface area contributed by atoms with Gasteiger partial charge in [-0.2, -0.15) is 5.10 Å². The maximum Gasteiger partial charge on any atom is 0.133 e. The second kappa shape index (κ2) is 6.68. The number of nitrogens with zero attached hydrogens (tertiary/aromatic N) is 5. The van der Waals surface area contributed by atoms with Crippen LogP contribution in [0.15, 0.2) is 6.20 Å². The van der Waals surface area contributed by atoms with Crippen molar-refractivity contribution < 1.29 is 0 Å². The van der Waals surface area contributed by atoms with Gasteiger partial charge in [0, 0.05) is 25.7 Å². The summed E-state index contributed by atoms with van der Waals surface area (Å²) in [5, 5.41) is 12.1. The minimum atomic E-state index is 0. The highest BCUT2D eigenvalue weighted by molar-refractivity contribution is 5.22. The molecule has 3 heterocycles. The van der Waals surface area contributed by atoms with Gasteiger partial charge < -0.3 is 4.57 Å². The Balaban J connectivity index is 0.000000182. The van der Waals surface area contributed by atoms with Crippen molar-refractivity contribution in [3.8, 4) is 0 Å². The third kappa shape index (κ3) is 2.92. The van der Waals surface area contributed by atoms with Crippen LogP contribution in [0.4, 0.5) is 0 Å². The first-order valence-electron chi connectivity index (χ1n) is 6.64. The third-order valence-corrected chi connectivity index (χ3v) is 3.80. The Morgan fingerprint density at radius 3 is 2.55 bits per heavy atom. The second-order valence-corrected chi connectivity index (χ2v) is 5.01. The zero-order valence-corrected chi connectivity index (χ0v) is 11.1. The molecule has 5 nitrogen and oxygen atoms in total. The molecule has 2 aromatic rings. The molecule has 0 spiro atoms. The average Bonchev–Trinajstić information content (AvgIpc) is 3.06. The third-order valence-electron chi connectivity index (χ3n) is 3.80. The van der Waals surface area contributed by atoms with Crippen LogP contribution in [-0.2, 0) is 32.9 Å². The number of rotatable bonds is 0. The SMILES string of the molecule is C.C.Cc1nnc2n1CCC2.Cn1ncc2c1CCC2. The summed E-state index contributed by atoms with van der Waals surface area (Å²) in [6.45, 7) is 3.12. The van der Waals surface area contributed by atoms with Crippen LogP contribution in [0.3, 0.4) is 0 Å². The van der Waals surface area contributed by atoms with Crippen LogP contribution in [0.25, 0.3) is 0 Å². The van der Waals surface area contributed by atoms with Crippen LogP contribution in [0.1, 0.15) is 50.6 Å². The molecule has 2 aliphatic rings. The average molecular weight is 277 g/mol. The van der Waals surface area contributed by atoms with Crippen molar-refractivity contribution in [2.75, 3.05) is 0 Å². The quantitative estimate of drug-likeness (QED) is 0.744. The number of fused-ring (bicyclic) bond motifs is 2. The summed E-state index contributed by atoms with van der Waals surface area (Å²) >= 11 is 0. The van der Waals surface area contributed by atoms with Crippen molar-refractivity contribution in [2.24, 2.45) is 7.05 Å². The molecule has 5 heteroatoms. The molecule has 0 aromatic carbocycles. The van der Waals surface area contributed by atoms with E-state index in [0.29, 0.717) is 0 Å². The first kappa shape index (κ1) is 16.4. The number of hydrogen-bond donors (Lipinski definition) is 0. The Morgan fingerprint density at radius 2 is 1.85 bits per heavy atom. The molecule has 0 bridgehead atoms. The molecular weight excluding hydrogens is 250 g/mol. The summed E-state index contributed by atoms with van der Waals surface area (Å²) in [5.41, 5.74) is 2.90. The maximum absolute atomic E-state index is 4.15. The molecule has 20 heavy (non-hydrogen) atoms. The van der Waals surface area contributed by atoms with E-state index in [0.717, 1.165) is 24.6 Å². The predicted octanol–water partition coefficient (Wildman–Crippen LogP) is 2.71. The van der Waals surface area contributed by atoms with E-state index in [1.807, 2.05) is 24.9 Å². The molecule has 2 aromatic heterocycles. The van der Waals surface area contributed by atoms with Gasteiger partial charge in [0.05, 0.1) is 6.20 Å². The van der Waals surface area contributed by atoms with Gasteiger partial charge >= 0.3 is 0 Å². The van der Waals surface area contributed by atoms with E-state index < -0.39 is 0 Å². The molecule has 1 aliphatic carbocycles. The molecular formula is C15H27N5. The zero-order valence-electron chi connectivity index (χ0n) is 11.1. The van der Waals surface area contributed by atoms with Gasteiger partial charge in [-0.15, -0.1) is 10.2 Å². The second-order valence-electron chi connectivity index (χ2n) is 5.01. The molecule has 0 saturated carbocycles. The largest absolute Gasteiger partial charge is 0.315 e. The van der Waals surface area contributed by atoms with E-state index in [1.165, 1.54) is 36.9 Å². The normalized spacial score (nSPS) is 14.5. The van der Waals surface area contributed by atoms with Gasteiger partial charge in [0.15, 0.2) is 0 Å². The number of aromatic nitrogens is 5. The lowest BCUT2D eigenvalue weighted by Gasteiger charge is -1.92. The monoisotopic (exact) mass is 277 g/mol. The summed E-state index contributed by atoms with van der Waals surface area (Å²) in [6, 6.07) is 0. The summed E-state index contributed by atoms with van der Waals surface area (Å²) in [6.07, 6.45) is 8.13. The lowest BCUT2D eigenvalue weighted by molar-refractivity contribution is 0.706. The van der Waals surface area contributed by atoms with E-state index in [1.54, 1.807) is 0 Å². The minimum absolute atomic E-state index is 0. The summed E-state index contributed by atoms with van der Waals surface area (Å²) in [5.74, 6) is 2.22. The highest BCUT2D eigenvalue weighted by Crippen LogP contribution is 2.19. The Hall–Kier alpha value is -1.65. The molecule has 112 valence electrons. The topological polar surface area (TPSA) is 48.5 Å². The molecule has 4 rings (SSSR count). The molecule has 0 saturated heterocycles. The Bertz CT molecular complexity index is 502. The first-order chi connectivity index (χ1) is 8.75. The zero-order chi connectivity index (χ0) is 12.5. The van der Waals surface area contributed by atoms with Crippen molar-refractivity contribution >= 4 is 0 Å². The molecule has 0 radical (unpaired) electrons. The molecule has 0 N–H and O–H groups in total. The molecule has 0 fully saturated rings. The van der Waals surface area contributed by atoms with E-state index in [-0.39, 0.29) is 14.9 Å². The van der Waals surface area contributed by atoms with Crippen LogP contribution in [-0.4, -0.2) is 24.5 Å². The fourth-order valence-corrected chi connectivity index (χ4v) is 2.78. The summed E-state index contributed by atoms with van der Waals surface area (Å²) < 4.78 is 4.17. The van der Waals surface area contributed by atoms with Crippen molar-refractivity contribution in [3.63, 3.8) is 0 Å². The van der Waals surface area contributed by atoms with Crippen molar-refractivity contribution in [1.29, 1.82) is 0 Å². The maximum atomic E-state index is 4.15. The summed E-state index contributed by atoms with van der Waals surface area (Å²) in [4.78, 5) is 0. The van der Waals surface area contributed by atoms with E-state index >= 15 is 0 Å². The lowest BCUT2D eigenvalue weighted by Crippen LogP contribution is -1.94. The Labute approximate surface area is 122 Å². The van der Waals surface area contributed by atoms with Gasteiger partial charge in [-0.25, -0.2) is 0 Å². The van der Waals surface area contributed by atoms with Gasteiger partial charge in [-0.3, -0.25) is 4.68 Å². The number of hydrogen-bond acceptors (Lipinski definition) is 3. The van der Waals surface area contributed by atoms with E-state index in [9.17, 15) is 0 Å². The van der Waals surface area contributed by atoms with Gasteiger partial charge in [0.1, 0.15) is 11.6 Å². The Morgan fingerprint density at radius 1 is 1.05 bits per heavy atom. The van der Waals surface area contributed by atoms with Gasteiger partial charge in [0.25, 0.3) is 0 Å². The highest BCUT2D eigenvalue weighted by atomic mass is 15.3. The smallest absolute Gasteiger partial charge is 0.133 e. The summed E-state index contributed by atoms with van der Waals surface area (Å²) in [7, 11) is 2.02. The van der Waals surface area contributed by atoms with Gasteiger partial charge in [0.2, 0.25) is 0 Å². The van der Waals surface area contributed by atoms with Crippen LogP contribution >= 0.6 is 0 Å². The van der Waals surface area contributed by atoms with Gasteiger partial charge in [-0.1, -0.05) is 14.9 Å². The molecule has 0 amide bonds. The lowest BCUT2D eigenvalue weighted by atomic mass is 10.3. The van der Waals surface area contributed by atoms with Crippen molar-refractivity contribution in [1.82, 2.24) is 24.5 Å². The molecule has 1 aliphatic heterocycles. The number of aryl methyl sites for hydroxylation is 4. The van der Waals surface area contributed by atoms with Crippen LogP contribution < -0.4 is 0 Å². The molecule has 0 atom stereocenters. The standard InChI is InChI=1S/C7H10N2.C6H9N3.2CH4/c1-9-7-4-2-3-6(7)5-8-9;1-5-7-8-6-3-2-4-9(5)6;;/h5H,2-4H2,1H3;2-4H2,1H3;2*1H4. The fourth-order valence-electron chi connectivity index (χ4n) is 2.78. The van der Waals surface area contributed by atoms with E-state index in [2.05, 4.69) is 19.9 Å². The van der Waals surface area contributed by atoms with Crippen LogP contribution in [0, 0.1) is 6.92 Å². The van der Waals surface area contributed by atoms with Crippen LogP contribution in [0.2, 0.25) is 0 Å². The fraction of sp³-hybridized carbons (Fsp3) is 0.667. The Kier molecular flexibility index (Phi) is 5.48. The molecule has 0 unspecified atom stereocenters. The minimum Gasteiger partial charge on any atom is -0.315 e. The van der Waals surface area contributed by atoms with Gasteiger partial charge in [-0.05, 0) is 38.2 Å². The van der Waals surface area contributed by atoms with Crippen molar-refractivity contribution in [3.05, 3.63) is 29.1 Å². The first-order valence-corrected chi connectivity index (χ1v) is 6.64. The van der Waals surface area contributed by atoms with E-state index in [4.69, 9.17) is 0 Å².